The van der Waals surface area contributed by atoms with E-state index >= 15 is 0 Å². The molecule has 2 heterocycles. The summed E-state index contributed by atoms with van der Waals surface area (Å²) in [5, 5.41) is 1.03. The number of hydrogen-bond donors (Lipinski definition) is 0. The standard InChI is InChI=1S/C48H32N4/c1-4-12-33(13-5-1)35-20-24-37(25-21-35)44-32-45(51-47(50-44)40-28-22-36(23-29-40)34-14-6-2-7-15-34)38-26-30-41(31-27-38)48-49-43-19-11-10-18-42(43)46(52-48)39-16-8-3-9-17-39/h1-32H. The fourth-order valence-corrected chi connectivity index (χ4v) is 6.59. The first-order valence-electron chi connectivity index (χ1n) is 17.4. The minimum absolute atomic E-state index is 0.675. The quantitative estimate of drug-likeness (QED) is 0.170. The zero-order valence-corrected chi connectivity index (χ0v) is 28.3. The van der Waals surface area contributed by atoms with E-state index in [0.717, 1.165) is 66.9 Å². The van der Waals surface area contributed by atoms with Crippen LogP contribution in [0.15, 0.2) is 194 Å². The molecule has 0 bridgehead atoms. The third-order valence-electron chi connectivity index (χ3n) is 9.35. The number of nitrogens with zero attached hydrogens (tertiary/aromatic N) is 4. The average molecular weight is 665 g/mol. The molecular formula is C48H32N4. The lowest BCUT2D eigenvalue weighted by atomic mass is 10.0. The van der Waals surface area contributed by atoms with Crippen LogP contribution in [0.2, 0.25) is 0 Å². The van der Waals surface area contributed by atoms with Crippen molar-refractivity contribution in [3.63, 3.8) is 0 Å². The van der Waals surface area contributed by atoms with E-state index in [1.807, 2.05) is 48.5 Å². The van der Waals surface area contributed by atoms with Crippen molar-refractivity contribution in [1.29, 1.82) is 0 Å². The van der Waals surface area contributed by atoms with Gasteiger partial charge in [0.1, 0.15) is 0 Å². The van der Waals surface area contributed by atoms with Crippen molar-refractivity contribution in [3.05, 3.63) is 194 Å². The summed E-state index contributed by atoms with van der Waals surface area (Å²) >= 11 is 0. The predicted octanol–water partition coefficient (Wildman–Crippen LogP) is 12.1. The van der Waals surface area contributed by atoms with Crippen LogP contribution in [0.3, 0.4) is 0 Å². The van der Waals surface area contributed by atoms with E-state index in [4.69, 9.17) is 19.9 Å². The molecule has 0 aliphatic carbocycles. The molecule has 0 N–H and O–H groups in total. The van der Waals surface area contributed by atoms with Crippen molar-refractivity contribution >= 4 is 10.9 Å². The molecule has 0 unspecified atom stereocenters. The Hall–Kier alpha value is -7.04. The summed E-state index contributed by atoms with van der Waals surface area (Å²) in [5.74, 6) is 1.36. The minimum Gasteiger partial charge on any atom is -0.228 e. The van der Waals surface area contributed by atoms with E-state index in [-0.39, 0.29) is 0 Å². The molecular weight excluding hydrogens is 633 g/mol. The number of rotatable bonds is 7. The number of benzene rings is 7. The fraction of sp³-hybridized carbons (Fsp3) is 0. The summed E-state index contributed by atoms with van der Waals surface area (Å²) < 4.78 is 0. The molecule has 0 atom stereocenters. The molecule has 244 valence electrons. The molecule has 2 aromatic heterocycles. The smallest absolute Gasteiger partial charge is 0.160 e. The van der Waals surface area contributed by atoms with Crippen LogP contribution >= 0.6 is 0 Å². The predicted molar refractivity (Wildman–Crippen MR) is 213 cm³/mol. The van der Waals surface area contributed by atoms with E-state index in [1.54, 1.807) is 0 Å². The summed E-state index contributed by atoms with van der Waals surface area (Å²) in [6.45, 7) is 0. The fourth-order valence-electron chi connectivity index (χ4n) is 6.59. The molecule has 4 nitrogen and oxygen atoms in total. The van der Waals surface area contributed by atoms with Gasteiger partial charge in [-0.2, -0.15) is 0 Å². The Morgan fingerprint density at radius 2 is 0.615 bits per heavy atom. The van der Waals surface area contributed by atoms with Gasteiger partial charge < -0.3 is 0 Å². The lowest BCUT2D eigenvalue weighted by Crippen LogP contribution is -1.97. The normalized spacial score (nSPS) is 11.1. The molecule has 0 amide bonds. The highest BCUT2D eigenvalue weighted by atomic mass is 14.9. The van der Waals surface area contributed by atoms with E-state index in [1.165, 1.54) is 11.1 Å². The van der Waals surface area contributed by atoms with Crippen molar-refractivity contribution in [2.24, 2.45) is 0 Å². The first kappa shape index (κ1) is 31.0. The molecule has 0 saturated carbocycles. The summed E-state index contributed by atoms with van der Waals surface area (Å²) in [6.07, 6.45) is 0. The summed E-state index contributed by atoms with van der Waals surface area (Å²) in [5.41, 5.74) is 13.2. The van der Waals surface area contributed by atoms with Crippen molar-refractivity contribution < 1.29 is 0 Å². The zero-order valence-electron chi connectivity index (χ0n) is 28.3. The lowest BCUT2D eigenvalue weighted by Gasteiger charge is -2.12. The van der Waals surface area contributed by atoms with Gasteiger partial charge >= 0.3 is 0 Å². The van der Waals surface area contributed by atoms with E-state index in [0.29, 0.717) is 11.6 Å². The molecule has 0 aliphatic rings. The number of hydrogen-bond acceptors (Lipinski definition) is 4. The first-order chi connectivity index (χ1) is 25.7. The summed E-state index contributed by atoms with van der Waals surface area (Å²) in [6, 6.07) is 66.8. The van der Waals surface area contributed by atoms with Crippen molar-refractivity contribution in [2.75, 3.05) is 0 Å². The Morgan fingerprint density at radius 1 is 0.250 bits per heavy atom. The Morgan fingerprint density at radius 3 is 1.12 bits per heavy atom. The molecule has 4 heteroatoms. The van der Waals surface area contributed by atoms with E-state index < -0.39 is 0 Å². The third-order valence-corrected chi connectivity index (χ3v) is 9.35. The molecule has 0 saturated heterocycles. The van der Waals surface area contributed by atoms with Gasteiger partial charge in [0.05, 0.1) is 22.6 Å². The highest BCUT2D eigenvalue weighted by Crippen LogP contribution is 2.33. The van der Waals surface area contributed by atoms with E-state index in [2.05, 4.69) is 146 Å². The van der Waals surface area contributed by atoms with Crippen LogP contribution in [0.4, 0.5) is 0 Å². The minimum atomic E-state index is 0.675. The molecule has 7 aromatic carbocycles. The van der Waals surface area contributed by atoms with Gasteiger partial charge in [-0.1, -0.05) is 182 Å². The highest BCUT2D eigenvalue weighted by molar-refractivity contribution is 5.93. The average Bonchev–Trinajstić information content (AvgIpc) is 3.24. The topological polar surface area (TPSA) is 51.6 Å². The molecule has 0 radical (unpaired) electrons. The maximum Gasteiger partial charge on any atom is 0.160 e. The molecule has 52 heavy (non-hydrogen) atoms. The summed E-state index contributed by atoms with van der Waals surface area (Å²) in [7, 11) is 0. The highest BCUT2D eigenvalue weighted by Gasteiger charge is 2.14. The lowest BCUT2D eigenvalue weighted by molar-refractivity contribution is 1.18. The van der Waals surface area contributed by atoms with Gasteiger partial charge in [0.25, 0.3) is 0 Å². The SMILES string of the molecule is c1ccc(-c2ccc(-c3cc(-c4ccc(-c5nc(-c6ccccc6)c6ccccc6n5)cc4)nc(-c4ccc(-c5ccccc5)cc4)n3)cc2)cc1. The van der Waals surface area contributed by atoms with Crippen LogP contribution in [-0.2, 0) is 0 Å². The Kier molecular flexibility index (Phi) is 8.16. The molecule has 0 aliphatic heterocycles. The second-order valence-electron chi connectivity index (χ2n) is 12.7. The largest absolute Gasteiger partial charge is 0.228 e. The van der Waals surface area contributed by atoms with Crippen LogP contribution in [0.5, 0.6) is 0 Å². The Labute approximate surface area is 302 Å². The van der Waals surface area contributed by atoms with Crippen molar-refractivity contribution in [3.8, 4) is 78.8 Å². The van der Waals surface area contributed by atoms with Crippen molar-refractivity contribution in [1.82, 2.24) is 19.9 Å². The Bertz CT molecular complexity index is 2520. The van der Waals surface area contributed by atoms with Gasteiger partial charge in [0.2, 0.25) is 0 Å². The van der Waals surface area contributed by atoms with Crippen molar-refractivity contribution in [2.45, 2.75) is 0 Å². The second kappa shape index (κ2) is 13.7. The van der Waals surface area contributed by atoms with Gasteiger partial charge in [-0.15, -0.1) is 0 Å². The number of para-hydroxylation sites is 1. The molecule has 0 spiro atoms. The van der Waals surface area contributed by atoms with Crippen LogP contribution < -0.4 is 0 Å². The number of fused-ring (bicyclic) bond motifs is 1. The van der Waals surface area contributed by atoms with Gasteiger partial charge in [-0.3, -0.25) is 0 Å². The van der Waals surface area contributed by atoms with Gasteiger partial charge in [0.15, 0.2) is 11.6 Å². The molecule has 9 rings (SSSR count). The Balaban J connectivity index is 1.11. The monoisotopic (exact) mass is 664 g/mol. The van der Waals surface area contributed by atoms with Crippen LogP contribution in [0, 0.1) is 0 Å². The molecule has 0 fully saturated rings. The van der Waals surface area contributed by atoms with Crippen LogP contribution in [-0.4, -0.2) is 19.9 Å². The van der Waals surface area contributed by atoms with Gasteiger partial charge in [0, 0.05) is 33.2 Å². The second-order valence-corrected chi connectivity index (χ2v) is 12.7. The maximum absolute atomic E-state index is 5.12. The van der Waals surface area contributed by atoms with E-state index in [9.17, 15) is 0 Å². The number of aromatic nitrogens is 4. The molecule has 9 aromatic rings. The first-order valence-corrected chi connectivity index (χ1v) is 17.4. The zero-order chi connectivity index (χ0) is 34.7. The summed E-state index contributed by atoms with van der Waals surface area (Å²) in [4.78, 5) is 20.3. The third kappa shape index (κ3) is 6.26. The van der Waals surface area contributed by atoms with Crippen LogP contribution in [0.1, 0.15) is 0 Å². The van der Waals surface area contributed by atoms with Gasteiger partial charge in [-0.25, -0.2) is 19.9 Å². The maximum atomic E-state index is 5.12. The van der Waals surface area contributed by atoms with Gasteiger partial charge in [-0.05, 0) is 34.4 Å². The van der Waals surface area contributed by atoms with Crippen LogP contribution in [0.25, 0.3) is 89.7 Å².